The van der Waals surface area contributed by atoms with Crippen LogP contribution in [0.25, 0.3) is 0 Å². The van der Waals surface area contributed by atoms with Gasteiger partial charge in [0.05, 0.1) is 5.75 Å². The van der Waals surface area contributed by atoms with Crippen LogP contribution in [-0.2, 0) is 10.0 Å². The van der Waals surface area contributed by atoms with Crippen molar-refractivity contribution < 1.29 is 8.42 Å². The number of benzene rings is 1. The molecule has 0 saturated heterocycles. The molecule has 1 aromatic carbocycles. The van der Waals surface area contributed by atoms with Crippen molar-refractivity contribution >= 4 is 10.0 Å². The van der Waals surface area contributed by atoms with E-state index in [1.807, 2.05) is 44.2 Å². The number of unbranched alkanes of at least 4 members (excludes halogenated alkanes) is 1. The lowest BCUT2D eigenvalue weighted by Gasteiger charge is -2.14. The van der Waals surface area contributed by atoms with Crippen LogP contribution in [0.1, 0.15) is 38.3 Å². The van der Waals surface area contributed by atoms with E-state index in [4.69, 9.17) is 0 Å². The van der Waals surface area contributed by atoms with Gasteiger partial charge in [-0.15, -0.1) is 0 Å². The molecule has 0 aromatic heterocycles. The molecule has 0 fully saturated rings. The van der Waals surface area contributed by atoms with Gasteiger partial charge >= 0.3 is 0 Å². The molecular weight excluding hydrogens is 222 g/mol. The molecule has 0 amide bonds. The second-order valence-corrected chi connectivity index (χ2v) is 5.80. The molecule has 0 unspecified atom stereocenters. The molecule has 0 spiro atoms. The Balaban J connectivity index is 2.61. The molecule has 0 aliphatic heterocycles. The number of hydrogen-bond donors (Lipinski definition) is 1. The van der Waals surface area contributed by atoms with E-state index in [-0.39, 0.29) is 11.8 Å². The highest BCUT2D eigenvalue weighted by Crippen LogP contribution is 2.12. The van der Waals surface area contributed by atoms with Gasteiger partial charge < -0.3 is 0 Å². The first-order valence-electron chi connectivity index (χ1n) is 5.60. The fourth-order valence-electron chi connectivity index (χ4n) is 1.47. The molecule has 1 aromatic rings. The Morgan fingerprint density at radius 2 is 1.88 bits per heavy atom. The summed E-state index contributed by atoms with van der Waals surface area (Å²) in [6.07, 6.45) is 1.59. The van der Waals surface area contributed by atoms with Crippen LogP contribution >= 0.6 is 0 Å². The summed E-state index contributed by atoms with van der Waals surface area (Å²) in [5.74, 6) is 0.209. The second-order valence-electron chi connectivity index (χ2n) is 3.92. The normalized spacial score (nSPS) is 13.6. The third-order valence-electron chi connectivity index (χ3n) is 2.42. The van der Waals surface area contributed by atoms with Crippen LogP contribution in [0, 0.1) is 0 Å². The van der Waals surface area contributed by atoms with Gasteiger partial charge in [-0.25, -0.2) is 13.1 Å². The molecular formula is C12H19NO2S. The monoisotopic (exact) mass is 241 g/mol. The Morgan fingerprint density at radius 3 is 2.44 bits per heavy atom. The van der Waals surface area contributed by atoms with Crippen molar-refractivity contribution in [1.29, 1.82) is 0 Å². The summed E-state index contributed by atoms with van der Waals surface area (Å²) in [6, 6.07) is 9.42. The summed E-state index contributed by atoms with van der Waals surface area (Å²) in [4.78, 5) is 0. The lowest BCUT2D eigenvalue weighted by Crippen LogP contribution is -2.29. The summed E-state index contributed by atoms with van der Waals surface area (Å²) >= 11 is 0. The quantitative estimate of drug-likeness (QED) is 0.831. The molecule has 3 nitrogen and oxygen atoms in total. The van der Waals surface area contributed by atoms with Gasteiger partial charge in [0.15, 0.2) is 0 Å². The molecule has 0 aliphatic rings. The van der Waals surface area contributed by atoms with Gasteiger partial charge in [0.1, 0.15) is 0 Å². The maximum absolute atomic E-state index is 11.7. The van der Waals surface area contributed by atoms with Crippen molar-refractivity contribution in [1.82, 2.24) is 4.72 Å². The first kappa shape index (κ1) is 13.2. The molecule has 0 heterocycles. The SMILES string of the molecule is CCCCS(=O)(=O)N[C@@H](C)c1ccccc1. The topological polar surface area (TPSA) is 46.2 Å². The van der Waals surface area contributed by atoms with E-state index in [1.165, 1.54) is 0 Å². The van der Waals surface area contributed by atoms with Crippen molar-refractivity contribution in [2.45, 2.75) is 32.7 Å². The van der Waals surface area contributed by atoms with Gasteiger partial charge in [-0.3, -0.25) is 0 Å². The Morgan fingerprint density at radius 1 is 1.25 bits per heavy atom. The van der Waals surface area contributed by atoms with Crippen molar-refractivity contribution in [3.8, 4) is 0 Å². The summed E-state index contributed by atoms with van der Waals surface area (Å²) in [5, 5.41) is 0. The lowest BCUT2D eigenvalue weighted by atomic mass is 10.1. The minimum atomic E-state index is -3.14. The van der Waals surface area contributed by atoms with Crippen molar-refractivity contribution in [3.05, 3.63) is 35.9 Å². The summed E-state index contributed by atoms with van der Waals surface area (Å²) in [7, 11) is -3.14. The molecule has 0 bridgehead atoms. The molecule has 0 saturated carbocycles. The van der Waals surface area contributed by atoms with Crippen LogP contribution in [0.2, 0.25) is 0 Å². The zero-order chi connectivity index (χ0) is 12.0. The standard InChI is InChI=1S/C12H19NO2S/c1-3-4-10-16(14,15)13-11(2)12-8-6-5-7-9-12/h5-9,11,13H,3-4,10H2,1-2H3/t11-/m0/s1. The van der Waals surface area contributed by atoms with Crippen LogP contribution in [0.15, 0.2) is 30.3 Å². The van der Waals surface area contributed by atoms with Gasteiger partial charge in [-0.1, -0.05) is 43.7 Å². The van der Waals surface area contributed by atoms with E-state index >= 15 is 0 Å². The molecule has 90 valence electrons. The molecule has 1 atom stereocenters. The van der Waals surface area contributed by atoms with Gasteiger partial charge in [-0.05, 0) is 18.9 Å². The first-order chi connectivity index (χ1) is 7.55. The summed E-state index contributed by atoms with van der Waals surface area (Å²) in [5.41, 5.74) is 0.988. The van der Waals surface area contributed by atoms with Crippen LogP contribution in [0.4, 0.5) is 0 Å². The van der Waals surface area contributed by atoms with Crippen LogP contribution in [0.3, 0.4) is 0 Å². The fourth-order valence-corrected chi connectivity index (χ4v) is 2.93. The van der Waals surface area contributed by atoms with E-state index in [1.54, 1.807) is 0 Å². The highest BCUT2D eigenvalue weighted by molar-refractivity contribution is 7.89. The summed E-state index contributed by atoms with van der Waals surface area (Å²) in [6.45, 7) is 3.84. The number of rotatable bonds is 6. The smallest absolute Gasteiger partial charge is 0.212 e. The zero-order valence-corrected chi connectivity index (χ0v) is 10.6. The molecule has 16 heavy (non-hydrogen) atoms. The Kier molecular flexibility index (Phi) is 4.96. The maximum atomic E-state index is 11.7. The molecule has 0 radical (unpaired) electrons. The number of nitrogens with one attached hydrogen (secondary N) is 1. The van der Waals surface area contributed by atoms with Crippen molar-refractivity contribution in [2.24, 2.45) is 0 Å². The van der Waals surface area contributed by atoms with E-state index in [0.29, 0.717) is 6.42 Å². The minimum absolute atomic E-state index is 0.164. The number of sulfonamides is 1. The van der Waals surface area contributed by atoms with Gasteiger partial charge in [0.2, 0.25) is 10.0 Å². The van der Waals surface area contributed by atoms with Crippen LogP contribution in [-0.4, -0.2) is 14.2 Å². The van der Waals surface area contributed by atoms with E-state index in [9.17, 15) is 8.42 Å². The highest BCUT2D eigenvalue weighted by Gasteiger charge is 2.14. The largest absolute Gasteiger partial charge is 0.212 e. The number of hydrogen-bond acceptors (Lipinski definition) is 2. The van der Waals surface area contributed by atoms with Gasteiger partial charge in [-0.2, -0.15) is 0 Å². The fraction of sp³-hybridized carbons (Fsp3) is 0.500. The van der Waals surface area contributed by atoms with E-state index in [0.717, 1.165) is 12.0 Å². The van der Waals surface area contributed by atoms with Gasteiger partial charge in [0, 0.05) is 6.04 Å². The predicted octanol–water partition coefficient (Wildman–Crippen LogP) is 2.47. The summed E-state index contributed by atoms with van der Waals surface area (Å²) < 4.78 is 26.0. The molecule has 1 N–H and O–H groups in total. The Labute approximate surface area is 97.9 Å². The van der Waals surface area contributed by atoms with Crippen LogP contribution < -0.4 is 4.72 Å². The molecule has 4 heteroatoms. The average molecular weight is 241 g/mol. The highest BCUT2D eigenvalue weighted by atomic mass is 32.2. The Hall–Kier alpha value is -0.870. The average Bonchev–Trinajstić information content (AvgIpc) is 2.27. The second kappa shape index (κ2) is 6.01. The van der Waals surface area contributed by atoms with Crippen LogP contribution in [0.5, 0.6) is 0 Å². The zero-order valence-electron chi connectivity index (χ0n) is 9.81. The van der Waals surface area contributed by atoms with E-state index in [2.05, 4.69) is 4.72 Å². The third kappa shape index (κ3) is 4.33. The van der Waals surface area contributed by atoms with Crippen molar-refractivity contribution in [3.63, 3.8) is 0 Å². The third-order valence-corrected chi connectivity index (χ3v) is 3.96. The van der Waals surface area contributed by atoms with E-state index < -0.39 is 10.0 Å². The van der Waals surface area contributed by atoms with Gasteiger partial charge in [0.25, 0.3) is 0 Å². The predicted molar refractivity (Wildman–Crippen MR) is 66.7 cm³/mol. The lowest BCUT2D eigenvalue weighted by molar-refractivity contribution is 0.564. The van der Waals surface area contributed by atoms with Crippen molar-refractivity contribution in [2.75, 3.05) is 5.75 Å². The maximum Gasteiger partial charge on any atom is 0.212 e. The molecule has 0 aliphatic carbocycles. The Bertz CT molecular complexity index is 400. The molecule has 1 rings (SSSR count). The first-order valence-corrected chi connectivity index (χ1v) is 7.25. The minimum Gasteiger partial charge on any atom is -0.212 e.